The van der Waals surface area contributed by atoms with Gasteiger partial charge in [0, 0.05) is 32.0 Å². The second-order valence-electron chi connectivity index (χ2n) is 6.83. The van der Waals surface area contributed by atoms with Gasteiger partial charge in [-0.2, -0.15) is 5.10 Å². The lowest BCUT2D eigenvalue weighted by Gasteiger charge is -2.25. The Morgan fingerprint density at radius 2 is 2.23 bits per heavy atom. The molecule has 9 nitrogen and oxygen atoms in total. The van der Waals surface area contributed by atoms with Crippen LogP contribution in [0.25, 0.3) is 11.5 Å². The third-order valence-corrected chi connectivity index (χ3v) is 4.66. The standard InChI is InChI=1S/C21H27N5O4/c1-3-29-18-8-7-14(12-15(18)20(27)23-10-5-9-22)24-21(28)16-13-17(26(2)25-16)19-6-4-11-30-19/h4,6-8,11-13,15,18H,3,5,9-10,22H2,1-2H3,(H,23,27)(H,24,28). The zero-order chi connectivity index (χ0) is 21.5. The number of ether oxygens (including phenoxy) is 1. The van der Waals surface area contributed by atoms with E-state index in [9.17, 15) is 9.59 Å². The van der Waals surface area contributed by atoms with Crippen molar-refractivity contribution < 1.29 is 18.7 Å². The number of carbonyl (C=O) groups is 2. The van der Waals surface area contributed by atoms with Crippen LogP contribution in [0.1, 0.15) is 23.8 Å². The fourth-order valence-corrected chi connectivity index (χ4v) is 3.18. The molecule has 0 radical (unpaired) electrons. The smallest absolute Gasteiger partial charge is 0.276 e. The van der Waals surface area contributed by atoms with Crippen LogP contribution in [0.15, 0.2) is 52.8 Å². The van der Waals surface area contributed by atoms with Crippen molar-refractivity contribution in [1.82, 2.24) is 20.4 Å². The van der Waals surface area contributed by atoms with Crippen LogP contribution in [-0.4, -0.2) is 47.4 Å². The molecule has 0 bridgehead atoms. The molecule has 0 aromatic carbocycles. The highest BCUT2D eigenvalue weighted by atomic mass is 16.5. The summed E-state index contributed by atoms with van der Waals surface area (Å²) in [6.45, 7) is 3.34. The number of aromatic nitrogens is 2. The number of carbonyl (C=O) groups excluding carboxylic acids is 2. The lowest BCUT2D eigenvalue weighted by molar-refractivity contribution is -0.126. The summed E-state index contributed by atoms with van der Waals surface area (Å²) in [5.41, 5.74) is 6.93. The first kappa shape index (κ1) is 21.5. The van der Waals surface area contributed by atoms with E-state index in [2.05, 4.69) is 15.7 Å². The highest BCUT2D eigenvalue weighted by Gasteiger charge is 2.28. The number of hydrogen-bond acceptors (Lipinski definition) is 6. The van der Waals surface area contributed by atoms with Crippen molar-refractivity contribution in [1.29, 1.82) is 0 Å². The van der Waals surface area contributed by atoms with Crippen molar-refractivity contribution >= 4 is 11.8 Å². The summed E-state index contributed by atoms with van der Waals surface area (Å²) in [6, 6.07) is 5.22. The van der Waals surface area contributed by atoms with E-state index < -0.39 is 12.0 Å². The Bertz CT molecular complexity index is 929. The Kier molecular flexibility index (Phi) is 7.21. The third kappa shape index (κ3) is 5.05. The van der Waals surface area contributed by atoms with E-state index in [-0.39, 0.29) is 17.5 Å². The van der Waals surface area contributed by atoms with Gasteiger partial charge in [-0.1, -0.05) is 6.08 Å². The second-order valence-corrected chi connectivity index (χ2v) is 6.83. The lowest BCUT2D eigenvalue weighted by Crippen LogP contribution is -2.40. The van der Waals surface area contributed by atoms with Gasteiger partial charge in [0.05, 0.1) is 18.3 Å². The molecule has 1 aliphatic rings. The maximum atomic E-state index is 12.7. The van der Waals surface area contributed by atoms with Gasteiger partial charge in [-0.15, -0.1) is 0 Å². The molecule has 9 heteroatoms. The van der Waals surface area contributed by atoms with E-state index in [0.29, 0.717) is 43.3 Å². The first-order valence-corrected chi connectivity index (χ1v) is 9.92. The molecule has 2 unspecified atom stereocenters. The quantitative estimate of drug-likeness (QED) is 0.533. The SMILES string of the molecule is CCOC1C=CC(NC(=O)c2cc(-c3ccco3)n(C)n2)=CC1C(=O)NCCCN. The Balaban J connectivity index is 1.72. The molecule has 3 rings (SSSR count). The molecule has 1 aliphatic carbocycles. The van der Waals surface area contributed by atoms with E-state index in [1.807, 2.05) is 6.92 Å². The van der Waals surface area contributed by atoms with Crippen LogP contribution in [0.5, 0.6) is 0 Å². The molecule has 2 atom stereocenters. The van der Waals surface area contributed by atoms with E-state index in [0.717, 1.165) is 0 Å². The molecular formula is C21H27N5O4. The first-order valence-electron chi connectivity index (χ1n) is 9.92. The summed E-state index contributed by atoms with van der Waals surface area (Å²) < 4.78 is 12.6. The number of nitrogens with two attached hydrogens (primary N) is 1. The molecule has 0 saturated heterocycles. The Morgan fingerprint density at radius 3 is 2.93 bits per heavy atom. The van der Waals surface area contributed by atoms with Crippen LogP contribution in [0.2, 0.25) is 0 Å². The number of furan rings is 1. The van der Waals surface area contributed by atoms with Gasteiger partial charge in [0.25, 0.3) is 5.91 Å². The number of amides is 2. The summed E-state index contributed by atoms with van der Waals surface area (Å²) in [5.74, 6) is -0.479. The van der Waals surface area contributed by atoms with Crippen molar-refractivity contribution in [2.24, 2.45) is 18.7 Å². The molecule has 30 heavy (non-hydrogen) atoms. The fraction of sp³-hybridized carbons (Fsp3) is 0.381. The normalized spacial score (nSPS) is 18.2. The molecule has 160 valence electrons. The number of allylic oxidation sites excluding steroid dienone is 1. The number of nitrogens with one attached hydrogen (secondary N) is 2. The van der Waals surface area contributed by atoms with Crippen LogP contribution in [0.3, 0.4) is 0 Å². The molecule has 2 aromatic heterocycles. The molecular weight excluding hydrogens is 386 g/mol. The predicted octanol–water partition coefficient (Wildman–Crippen LogP) is 1.35. The summed E-state index contributed by atoms with van der Waals surface area (Å²) >= 11 is 0. The average Bonchev–Trinajstić information content (AvgIpc) is 3.39. The third-order valence-electron chi connectivity index (χ3n) is 4.66. The summed E-state index contributed by atoms with van der Waals surface area (Å²) in [4.78, 5) is 25.3. The number of rotatable bonds is 9. The summed E-state index contributed by atoms with van der Waals surface area (Å²) in [7, 11) is 1.74. The van der Waals surface area contributed by atoms with Gasteiger partial charge in [0.15, 0.2) is 11.5 Å². The lowest BCUT2D eigenvalue weighted by atomic mass is 9.94. The summed E-state index contributed by atoms with van der Waals surface area (Å²) in [6.07, 6.45) is 7.07. The predicted molar refractivity (Wildman–Crippen MR) is 111 cm³/mol. The van der Waals surface area contributed by atoms with Gasteiger partial charge in [-0.3, -0.25) is 14.3 Å². The molecule has 2 amide bonds. The van der Waals surface area contributed by atoms with Crippen molar-refractivity contribution in [2.75, 3.05) is 19.7 Å². The van der Waals surface area contributed by atoms with Crippen LogP contribution in [0, 0.1) is 5.92 Å². The monoisotopic (exact) mass is 413 g/mol. The first-order chi connectivity index (χ1) is 14.5. The molecule has 0 saturated carbocycles. The number of nitrogens with zero attached hydrogens (tertiary/aromatic N) is 2. The minimum absolute atomic E-state index is 0.170. The Morgan fingerprint density at radius 1 is 1.40 bits per heavy atom. The van der Waals surface area contributed by atoms with Crippen LogP contribution in [0.4, 0.5) is 0 Å². The van der Waals surface area contributed by atoms with Crippen molar-refractivity contribution in [3.05, 3.63) is 54.1 Å². The number of aryl methyl sites for hydroxylation is 1. The van der Waals surface area contributed by atoms with E-state index >= 15 is 0 Å². The van der Waals surface area contributed by atoms with Gasteiger partial charge in [0.2, 0.25) is 5.91 Å². The van der Waals surface area contributed by atoms with Gasteiger partial charge < -0.3 is 25.5 Å². The molecule has 2 heterocycles. The van der Waals surface area contributed by atoms with Gasteiger partial charge in [0.1, 0.15) is 5.69 Å². The maximum absolute atomic E-state index is 12.7. The summed E-state index contributed by atoms with van der Waals surface area (Å²) in [5, 5.41) is 9.92. The topological polar surface area (TPSA) is 124 Å². The van der Waals surface area contributed by atoms with E-state index in [4.69, 9.17) is 14.9 Å². The van der Waals surface area contributed by atoms with E-state index in [1.54, 1.807) is 54.4 Å². The van der Waals surface area contributed by atoms with Gasteiger partial charge in [-0.25, -0.2) is 0 Å². The average molecular weight is 413 g/mol. The fourth-order valence-electron chi connectivity index (χ4n) is 3.18. The highest BCUT2D eigenvalue weighted by molar-refractivity contribution is 5.95. The molecule has 0 spiro atoms. The van der Waals surface area contributed by atoms with Crippen molar-refractivity contribution in [3.8, 4) is 11.5 Å². The van der Waals surface area contributed by atoms with Crippen molar-refractivity contribution in [3.63, 3.8) is 0 Å². The molecule has 4 N–H and O–H groups in total. The highest BCUT2D eigenvalue weighted by Crippen LogP contribution is 2.22. The Labute approximate surface area is 174 Å². The van der Waals surface area contributed by atoms with E-state index in [1.165, 1.54) is 0 Å². The van der Waals surface area contributed by atoms with Crippen LogP contribution < -0.4 is 16.4 Å². The molecule has 0 aliphatic heterocycles. The zero-order valence-electron chi connectivity index (χ0n) is 17.1. The molecule has 0 fully saturated rings. The molecule has 2 aromatic rings. The minimum atomic E-state index is -0.551. The second kappa shape index (κ2) is 10.0. The van der Waals surface area contributed by atoms with Gasteiger partial charge in [-0.05, 0) is 44.2 Å². The Hall–Kier alpha value is -3.17. The number of hydrogen-bond donors (Lipinski definition) is 3. The minimum Gasteiger partial charge on any atom is -0.463 e. The largest absolute Gasteiger partial charge is 0.463 e. The van der Waals surface area contributed by atoms with Gasteiger partial charge >= 0.3 is 0 Å². The zero-order valence-corrected chi connectivity index (χ0v) is 17.1. The van der Waals surface area contributed by atoms with Crippen LogP contribution in [-0.2, 0) is 16.6 Å². The van der Waals surface area contributed by atoms with Crippen LogP contribution >= 0.6 is 0 Å². The van der Waals surface area contributed by atoms with Crippen molar-refractivity contribution in [2.45, 2.75) is 19.4 Å². The maximum Gasteiger partial charge on any atom is 0.276 e.